The van der Waals surface area contributed by atoms with Crippen molar-refractivity contribution in [3.63, 3.8) is 0 Å². The van der Waals surface area contributed by atoms with Crippen LogP contribution in [0.2, 0.25) is 0 Å². The second-order valence-corrected chi connectivity index (χ2v) is 7.44. The fourth-order valence-corrected chi connectivity index (χ4v) is 3.87. The minimum Gasteiger partial charge on any atom is -0.497 e. The van der Waals surface area contributed by atoms with Gasteiger partial charge in [-0.1, -0.05) is 39.8 Å². The zero-order valence-electron chi connectivity index (χ0n) is 14.0. The molecule has 0 aromatic heterocycles. The monoisotopic (exact) mass is 427 g/mol. The number of ether oxygens (including phenoxy) is 2. The number of halogens is 1. The maximum atomic E-state index is 12.5. The maximum absolute atomic E-state index is 12.5. The number of carbonyl (C=O) groups is 3. The molecule has 134 valence electrons. The molecule has 6 nitrogen and oxygen atoms in total. The van der Waals surface area contributed by atoms with Gasteiger partial charge in [0.05, 0.1) is 7.11 Å². The predicted octanol–water partition coefficient (Wildman–Crippen LogP) is 2.89. The maximum Gasteiger partial charge on any atom is 0.355 e. The molecule has 1 aromatic carbocycles. The number of allylic oxidation sites excluding steroid dienone is 1. The highest BCUT2D eigenvalue weighted by Crippen LogP contribution is 2.38. The van der Waals surface area contributed by atoms with E-state index in [2.05, 4.69) is 15.9 Å². The standard InChI is InChI=1S/C17H18BrNO5S/c1-10(2)14(19-15(21)13(18)16(19)25-9-20)17(22)24-8-11-4-6-12(23-3)7-5-11/h4-7,9,13,16H,8H2,1-3H3. The smallest absolute Gasteiger partial charge is 0.355 e. The minimum absolute atomic E-state index is 0.0743. The summed E-state index contributed by atoms with van der Waals surface area (Å²) in [6, 6.07) is 7.14. The summed E-state index contributed by atoms with van der Waals surface area (Å²) in [4.78, 5) is 36.3. The Balaban J connectivity index is 2.09. The number of β-lactam (4-membered cyclic amide) rings is 1. The van der Waals surface area contributed by atoms with Crippen LogP contribution in [0, 0.1) is 0 Å². The van der Waals surface area contributed by atoms with E-state index < -0.39 is 16.2 Å². The van der Waals surface area contributed by atoms with E-state index in [4.69, 9.17) is 9.47 Å². The van der Waals surface area contributed by atoms with E-state index in [0.29, 0.717) is 16.9 Å². The molecule has 1 heterocycles. The van der Waals surface area contributed by atoms with Crippen LogP contribution < -0.4 is 4.74 Å². The van der Waals surface area contributed by atoms with Crippen LogP contribution in [0.1, 0.15) is 19.4 Å². The number of likely N-dealkylation sites (tertiary alicyclic amines) is 1. The van der Waals surface area contributed by atoms with E-state index in [1.54, 1.807) is 45.2 Å². The molecule has 1 amide bonds. The topological polar surface area (TPSA) is 72.9 Å². The number of rotatable bonds is 7. The van der Waals surface area contributed by atoms with Gasteiger partial charge >= 0.3 is 5.97 Å². The number of hydrogen-bond acceptors (Lipinski definition) is 6. The van der Waals surface area contributed by atoms with Crippen LogP contribution in [0.4, 0.5) is 0 Å². The van der Waals surface area contributed by atoms with Gasteiger partial charge in [0, 0.05) is 0 Å². The first kappa shape index (κ1) is 19.5. The molecule has 2 rings (SSSR count). The second kappa shape index (κ2) is 8.53. The molecule has 0 radical (unpaired) electrons. The summed E-state index contributed by atoms with van der Waals surface area (Å²) < 4.78 is 10.4. The predicted molar refractivity (Wildman–Crippen MR) is 98.9 cm³/mol. The van der Waals surface area contributed by atoms with Crippen molar-refractivity contribution in [3.05, 3.63) is 41.1 Å². The summed E-state index contributed by atoms with van der Waals surface area (Å²) in [5.41, 5.74) is 2.27. The number of hydrogen-bond donors (Lipinski definition) is 0. The quantitative estimate of drug-likeness (QED) is 0.219. The van der Waals surface area contributed by atoms with Crippen LogP contribution in [-0.2, 0) is 25.7 Å². The van der Waals surface area contributed by atoms with Crippen molar-refractivity contribution >= 4 is 45.2 Å². The third-order valence-electron chi connectivity index (χ3n) is 3.61. The minimum atomic E-state index is -0.597. The molecular weight excluding hydrogens is 410 g/mol. The first-order valence-electron chi connectivity index (χ1n) is 7.44. The number of esters is 1. The first-order chi connectivity index (χ1) is 11.9. The van der Waals surface area contributed by atoms with Crippen molar-refractivity contribution in [2.24, 2.45) is 0 Å². The Morgan fingerprint density at radius 3 is 2.48 bits per heavy atom. The van der Waals surface area contributed by atoms with Crippen LogP contribution in [0.5, 0.6) is 5.75 Å². The van der Waals surface area contributed by atoms with Crippen molar-refractivity contribution < 1.29 is 23.9 Å². The largest absolute Gasteiger partial charge is 0.497 e. The Kier molecular flexibility index (Phi) is 6.66. The number of nitrogens with zero attached hydrogens (tertiary/aromatic N) is 1. The molecule has 1 fully saturated rings. The number of alkyl halides is 1. The molecule has 0 saturated carbocycles. The van der Waals surface area contributed by atoms with E-state index in [9.17, 15) is 14.4 Å². The fraction of sp³-hybridized carbons (Fsp3) is 0.353. The lowest BCUT2D eigenvalue weighted by Crippen LogP contribution is -2.60. The van der Waals surface area contributed by atoms with Gasteiger partial charge in [-0.05, 0) is 37.1 Å². The van der Waals surface area contributed by atoms with Crippen LogP contribution >= 0.6 is 27.7 Å². The Hall–Kier alpha value is -1.80. The molecule has 8 heteroatoms. The lowest BCUT2D eigenvalue weighted by atomic mass is 10.1. The molecule has 0 aliphatic carbocycles. The molecule has 0 bridgehead atoms. The average molecular weight is 428 g/mol. The van der Waals surface area contributed by atoms with Crippen LogP contribution in [0.25, 0.3) is 0 Å². The summed E-state index contributed by atoms with van der Waals surface area (Å²) in [6.07, 6.45) is 0. The number of amides is 1. The van der Waals surface area contributed by atoms with Gasteiger partial charge in [0.15, 0.2) is 5.62 Å². The van der Waals surface area contributed by atoms with Crippen molar-refractivity contribution in [2.45, 2.75) is 30.7 Å². The van der Waals surface area contributed by atoms with E-state index in [1.165, 1.54) is 4.90 Å². The molecular formula is C17H18BrNO5S. The van der Waals surface area contributed by atoms with Crippen molar-refractivity contribution in [1.82, 2.24) is 4.90 Å². The zero-order chi connectivity index (χ0) is 18.6. The SMILES string of the molecule is COc1ccc(COC(=O)C(=C(C)C)N2C(=O)C(Br)C2SC=O)cc1. The van der Waals surface area contributed by atoms with E-state index in [0.717, 1.165) is 17.3 Å². The highest BCUT2D eigenvalue weighted by molar-refractivity contribution is 9.10. The Labute approximate surface area is 158 Å². The van der Waals surface area contributed by atoms with Gasteiger partial charge in [0.1, 0.15) is 28.3 Å². The summed E-state index contributed by atoms with van der Waals surface area (Å²) >= 11 is 4.17. The Morgan fingerprint density at radius 1 is 1.32 bits per heavy atom. The van der Waals surface area contributed by atoms with Crippen molar-refractivity contribution in [2.75, 3.05) is 7.11 Å². The molecule has 1 aliphatic heterocycles. The number of methoxy groups -OCH3 is 1. The number of carbonyl (C=O) groups excluding carboxylic acids is 3. The zero-order valence-corrected chi connectivity index (χ0v) is 16.4. The molecule has 0 spiro atoms. The molecule has 0 N–H and O–H groups in total. The highest BCUT2D eigenvalue weighted by atomic mass is 79.9. The van der Waals surface area contributed by atoms with Gasteiger partial charge in [-0.25, -0.2) is 4.79 Å². The van der Waals surface area contributed by atoms with E-state index in [-0.39, 0.29) is 18.2 Å². The summed E-state index contributed by atoms with van der Waals surface area (Å²) in [5.74, 6) is -0.152. The molecule has 2 unspecified atom stereocenters. The van der Waals surface area contributed by atoms with Crippen molar-refractivity contribution in [1.29, 1.82) is 0 Å². The highest BCUT2D eigenvalue weighted by Gasteiger charge is 2.50. The van der Waals surface area contributed by atoms with Crippen LogP contribution in [0.3, 0.4) is 0 Å². The summed E-state index contributed by atoms with van der Waals surface area (Å²) in [5, 5.41) is -0.455. The van der Waals surface area contributed by atoms with Gasteiger partial charge < -0.3 is 9.47 Å². The van der Waals surface area contributed by atoms with Gasteiger partial charge in [0.25, 0.3) is 0 Å². The lowest BCUT2D eigenvalue weighted by molar-refractivity contribution is -0.149. The second-order valence-electron chi connectivity index (χ2n) is 5.51. The van der Waals surface area contributed by atoms with Gasteiger partial charge in [0.2, 0.25) is 5.91 Å². The third-order valence-corrected chi connectivity index (χ3v) is 5.73. The number of thioether (sulfide) groups is 1. The van der Waals surface area contributed by atoms with Crippen LogP contribution in [-0.4, -0.2) is 39.7 Å². The normalized spacial score (nSPS) is 19.0. The van der Waals surface area contributed by atoms with Gasteiger partial charge in [-0.15, -0.1) is 0 Å². The lowest BCUT2D eigenvalue weighted by Gasteiger charge is -2.43. The molecule has 1 aliphatic rings. The molecule has 1 saturated heterocycles. The third kappa shape index (κ3) is 4.24. The molecule has 1 aromatic rings. The fourth-order valence-electron chi connectivity index (χ4n) is 2.34. The Morgan fingerprint density at radius 2 is 1.96 bits per heavy atom. The number of benzene rings is 1. The Bertz CT molecular complexity index is 699. The average Bonchev–Trinajstić information content (AvgIpc) is 2.62. The molecule has 25 heavy (non-hydrogen) atoms. The van der Waals surface area contributed by atoms with Crippen LogP contribution in [0.15, 0.2) is 35.5 Å². The van der Waals surface area contributed by atoms with Gasteiger partial charge in [-0.2, -0.15) is 0 Å². The van der Waals surface area contributed by atoms with Crippen molar-refractivity contribution in [3.8, 4) is 5.75 Å². The van der Waals surface area contributed by atoms with Gasteiger partial charge in [-0.3, -0.25) is 14.5 Å². The summed E-state index contributed by atoms with van der Waals surface area (Å²) in [7, 11) is 1.57. The summed E-state index contributed by atoms with van der Waals surface area (Å²) in [6.45, 7) is 3.52. The molecule has 2 atom stereocenters. The van der Waals surface area contributed by atoms with E-state index in [1.807, 2.05) is 0 Å². The first-order valence-corrected chi connectivity index (χ1v) is 9.30. The van der Waals surface area contributed by atoms with E-state index >= 15 is 0 Å².